The van der Waals surface area contributed by atoms with Crippen LogP contribution in [0.15, 0.2) is 23.0 Å². The summed E-state index contributed by atoms with van der Waals surface area (Å²) < 4.78 is 10.5. The average Bonchev–Trinajstić information content (AvgIpc) is 2.78. The molecule has 0 spiro atoms. The fourth-order valence-corrected chi connectivity index (χ4v) is 1.49. The van der Waals surface area contributed by atoms with Crippen LogP contribution < -0.4 is 5.73 Å². The summed E-state index contributed by atoms with van der Waals surface area (Å²) in [7, 11) is 2.05. The Morgan fingerprint density at radius 2 is 2.31 bits per heavy atom. The van der Waals surface area contributed by atoms with Crippen LogP contribution in [0.1, 0.15) is 19.4 Å². The highest BCUT2D eigenvalue weighted by molar-refractivity contribution is 5.06. The van der Waals surface area contributed by atoms with Crippen LogP contribution in [0.4, 0.5) is 0 Å². The largest absolute Gasteiger partial charge is 0.472 e. The first-order valence-corrected chi connectivity index (χ1v) is 5.62. The molecule has 92 valence electrons. The molecular weight excluding hydrogens is 204 g/mol. The van der Waals surface area contributed by atoms with E-state index >= 15 is 0 Å². The molecule has 1 atom stereocenters. The Balaban J connectivity index is 2.57. The van der Waals surface area contributed by atoms with Crippen LogP contribution in [-0.2, 0) is 11.3 Å². The molecule has 1 heterocycles. The van der Waals surface area contributed by atoms with Gasteiger partial charge in [0.2, 0.25) is 0 Å². The topological polar surface area (TPSA) is 51.6 Å². The van der Waals surface area contributed by atoms with Crippen molar-refractivity contribution in [3.05, 3.63) is 24.2 Å². The Morgan fingerprint density at radius 3 is 2.81 bits per heavy atom. The van der Waals surface area contributed by atoms with E-state index in [1.54, 1.807) is 12.5 Å². The molecule has 0 amide bonds. The zero-order chi connectivity index (χ0) is 12.0. The first-order valence-electron chi connectivity index (χ1n) is 5.62. The monoisotopic (exact) mass is 226 g/mol. The summed E-state index contributed by atoms with van der Waals surface area (Å²) in [5.41, 5.74) is 6.85. The molecule has 0 aliphatic heterocycles. The fourth-order valence-electron chi connectivity index (χ4n) is 1.49. The molecule has 1 aromatic heterocycles. The van der Waals surface area contributed by atoms with E-state index < -0.39 is 0 Å². The third kappa shape index (κ3) is 3.33. The maximum atomic E-state index is 5.83. The summed E-state index contributed by atoms with van der Waals surface area (Å²) in [6.45, 7) is 6.86. The van der Waals surface area contributed by atoms with Gasteiger partial charge in [-0.3, -0.25) is 4.90 Å². The number of furan rings is 1. The molecule has 0 aliphatic carbocycles. The Bertz CT molecular complexity index is 287. The van der Waals surface area contributed by atoms with Crippen molar-refractivity contribution in [2.75, 3.05) is 26.8 Å². The third-order valence-corrected chi connectivity index (χ3v) is 2.98. The van der Waals surface area contributed by atoms with Crippen LogP contribution in [0.25, 0.3) is 0 Å². The number of likely N-dealkylation sites (N-methyl/N-ethyl adjacent to an activating group) is 1. The van der Waals surface area contributed by atoms with E-state index in [9.17, 15) is 0 Å². The SMILES string of the molecule is CCOCC(C)(CN)N(C)Cc1ccoc1. The van der Waals surface area contributed by atoms with Crippen molar-refractivity contribution in [2.45, 2.75) is 25.9 Å². The van der Waals surface area contributed by atoms with Crippen molar-refractivity contribution in [2.24, 2.45) is 5.73 Å². The molecular formula is C12H22N2O2. The van der Waals surface area contributed by atoms with Gasteiger partial charge < -0.3 is 14.9 Å². The van der Waals surface area contributed by atoms with Crippen LogP contribution in [0.3, 0.4) is 0 Å². The van der Waals surface area contributed by atoms with Gasteiger partial charge in [0.05, 0.1) is 24.7 Å². The second-order valence-corrected chi connectivity index (χ2v) is 4.33. The van der Waals surface area contributed by atoms with Crippen molar-refractivity contribution in [3.63, 3.8) is 0 Å². The molecule has 0 bridgehead atoms. The van der Waals surface area contributed by atoms with Gasteiger partial charge in [-0.05, 0) is 27.0 Å². The number of hydrogen-bond acceptors (Lipinski definition) is 4. The van der Waals surface area contributed by atoms with Crippen LogP contribution in [0, 0.1) is 0 Å². The number of nitrogens with zero attached hydrogens (tertiary/aromatic N) is 1. The van der Waals surface area contributed by atoms with Crippen LogP contribution in [0.5, 0.6) is 0 Å². The maximum Gasteiger partial charge on any atom is 0.0947 e. The minimum Gasteiger partial charge on any atom is -0.472 e. The molecule has 4 heteroatoms. The van der Waals surface area contributed by atoms with E-state index in [1.807, 2.05) is 13.0 Å². The summed E-state index contributed by atoms with van der Waals surface area (Å²) in [5.74, 6) is 0. The number of rotatable bonds is 7. The van der Waals surface area contributed by atoms with E-state index in [0.717, 1.165) is 18.7 Å². The Hall–Kier alpha value is -0.840. The molecule has 0 radical (unpaired) electrons. The van der Waals surface area contributed by atoms with E-state index in [0.29, 0.717) is 13.2 Å². The zero-order valence-corrected chi connectivity index (χ0v) is 10.4. The van der Waals surface area contributed by atoms with Crippen LogP contribution in [0.2, 0.25) is 0 Å². The second-order valence-electron chi connectivity index (χ2n) is 4.33. The van der Waals surface area contributed by atoms with Crippen molar-refractivity contribution in [1.82, 2.24) is 4.90 Å². The van der Waals surface area contributed by atoms with Crippen molar-refractivity contribution < 1.29 is 9.15 Å². The Morgan fingerprint density at radius 1 is 1.56 bits per heavy atom. The van der Waals surface area contributed by atoms with E-state index in [1.165, 1.54) is 0 Å². The minimum atomic E-state index is -0.132. The van der Waals surface area contributed by atoms with Crippen molar-refractivity contribution >= 4 is 0 Å². The lowest BCUT2D eigenvalue weighted by Crippen LogP contribution is -2.52. The molecule has 2 N–H and O–H groups in total. The lowest BCUT2D eigenvalue weighted by atomic mass is 10.0. The summed E-state index contributed by atoms with van der Waals surface area (Å²) in [6.07, 6.45) is 3.44. The van der Waals surface area contributed by atoms with Gasteiger partial charge in [0.15, 0.2) is 0 Å². The van der Waals surface area contributed by atoms with Gasteiger partial charge in [0.1, 0.15) is 0 Å². The average molecular weight is 226 g/mol. The molecule has 16 heavy (non-hydrogen) atoms. The van der Waals surface area contributed by atoms with Crippen molar-refractivity contribution in [3.8, 4) is 0 Å². The van der Waals surface area contributed by atoms with Gasteiger partial charge in [0, 0.05) is 25.3 Å². The summed E-state index contributed by atoms with van der Waals surface area (Å²) >= 11 is 0. The molecule has 0 saturated carbocycles. The van der Waals surface area contributed by atoms with E-state index in [-0.39, 0.29) is 5.54 Å². The lowest BCUT2D eigenvalue weighted by Gasteiger charge is -2.37. The highest BCUT2D eigenvalue weighted by Crippen LogP contribution is 2.16. The normalized spacial score (nSPS) is 15.3. The molecule has 1 aromatic rings. The first kappa shape index (κ1) is 13.2. The van der Waals surface area contributed by atoms with Gasteiger partial charge in [-0.25, -0.2) is 0 Å². The Labute approximate surface area is 97.4 Å². The van der Waals surface area contributed by atoms with Gasteiger partial charge in [-0.2, -0.15) is 0 Å². The third-order valence-electron chi connectivity index (χ3n) is 2.98. The zero-order valence-electron chi connectivity index (χ0n) is 10.4. The predicted octanol–water partition coefficient (Wildman–Crippen LogP) is 1.47. The standard InChI is InChI=1S/C12H22N2O2/c1-4-15-10-12(2,9-13)14(3)7-11-5-6-16-8-11/h5-6,8H,4,7,9-10,13H2,1-3H3. The van der Waals surface area contributed by atoms with Gasteiger partial charge >= 0.3 is 0 Å². The molecule has 0 fully saturated rings. The molecule has 0 saturated heterocycles. The molecule has 4 nitrogen and oxygen atoms in total. The maximum absolute atomic E-state index is 5.83. The second kappa shape index (κ2) is 6.03. The summed E-state index contributed by atoms with van der Waals surface area (Å²) in [5, 5.41) is 0. The number of hydrogen-bond donors (Lipinski definition) is 1. The quantitative estimate of drug-likeness (QED) is 0.765. The van der Waals surface area contributed by atoms with Crippen molar-refractivity contribution in [1.29, 1.82) is 0 Å². The molecule has 1 unspecified atom stereocenters. The van der Waals surface area contributed by atoms with Crippen LogP contribution in [-0.4, -0.2) is 37.2 Å². The first-order chi connectivity index (χ1) is 7.62. The highest BCUT2D eigenvalue weighted by Gasteiger charge is 2.28. The smallest absolute Gasteiger partial charge is 0.0947 e. The Kier molecular flexibility index (Phi) is 4.99. The lowest BCUT2D eigenvalue weighted by molar-refractivity contribution is 0.0201. The number of nitrogens with two attached hydrogens (primary N) is 1. The van der Waals surface area contributed by atoms with E-state index in [4.69, 9.17) is 14.9 Å². The predicted molar refractivity (Wildman–Crippen MR) is 64.1 cm³/mol. The number of ether oxygens (including phenoxy) is 1. The van der Waals surface area contributed by atoms with Gasteiger partial charge in [-0.15, -0.1) is 0 Å². The van der Waals surface area contributed by atoms with Gasteiger partial charge in [-0.1, -0.05) is 0 Å². The molecule has 0 aromatic carbocycles. The van der Waals surface area contributed by atoms with E-state index in [2.05, 4.69) is 18.9 Å². The fraction of sp³-hybridized carbons (Fsp3) is 0.667. The minimum absolute atomic E-state index is 0.132. The van der Waals surface area contributed by atoms with Crippen LogP contribution >= 0.6 is 0 Å². The molecule has 0 aliphatic rings. The summed E-state index contributed by atoms with van der Waals surface area (Å²) in [4.78, 5) is 2.20. The summed E-state index contributed by atoms with van der Waals surface area (Å²) in [6, 6.07) is 1.97. The highest BCUT2D eigenvalue weighted by atomic mass is 16.5. The van der Waals surface area contributed by atoms with Gasteiger partial charge in [0.25, 0.3) is 0 Å². The molecule has 1 rings (SSSR count).